The lowest BCUT2D eigenvalue weighted by Gasteiger charge is -2.27. The molecule has 1 heterocycles. The van der Waals surface area contributed by atoms with Gasteiger partial charge in [-0.25, -0.2) is 4.79 Å². The van der Waals surface area contributed by atoms with Gasteiger partial charge in [-0.15, -0.1) is 0 Å². The van der Waals surface area contributed by atoms with Crippen molar-refractivity contribution in [2.24, 2.45) is 5.92 Å². The lowest BCUT2D eigenvalue weighted by molar-refractivity contribution is 0.0142. The van der Waals surface area contributed by atoms with Crippen molar-refractivity contribution in [3.05, 3.63) is 29.6 Å². The van der Waals surface area contributed by atoms with Gasteiger partial charge in [0, 0.05) is 12.7 Å². The van der Waals surface area contributed by atoms with Gasteiger partial charge in [0.1, 0.15) is 5.69 Å². The van der Waals surface area contributed by atoms with E-state index in [9.17, 15) is 14.7 Å². The maximum absolute atomic E-state index is 11.8. The molecule has 0 fully saturated rings. The molecule has 1 aromatic heterocycles. The normalized spacial score (nSPS) is 13.9. The van der Waals surface area contributed by atoms with E-state index in [-0.39, 0.29) is 23.7 Å². The summed E-state index contributed by atoms with van der Waals surface area (Å²) < 4.78 is 0. The van der Waals surface area contributed by atoms with Gasteiger partial charge >= 0.3 is 5.97 Å². The molecule has 0 aliphatic rings. The number of rotatable bonds is 5. The number of carboxylic acid groups (broad SMARTS) is 1. The van der Waals surface area contributed by atoms with Gasteiger partial charge in [-0.2, -0.15) is 0 Å². The first-order valence-corrected chi connectivity index (χ1v) is 5.94. The van der Waals surface area contributed by atoms with Gasteiger partial charge in [0.2, 0.25) is 0 Å². The summed E-state index contributed by atoms with van der Waals surface area (Å²) >= 11 is 0. The van der Waals surface area contributed by atoms with Crippen LogP contribution in [0.15, 0.2) is 18.3 Å². The summed E-state index contributed by atoms with van der Waals surface area (Å²) in [5.74, 6) is -1.65. The molecular weight excluding hydrogens is 248 g/mol. The topological polar surface area (TPSA) is 99.5 Å². The standard InChI is InChI=1S/C13H18N2O4/c1-8(2)13(3,19)7-15-11(16)10-6-9(12(17)18)4-5-14-10/h4-6,8,19H,7H2,1-3H3,(H,15,16)(H,17,18). The summed E-state index contributed by atoms with van der Waals surface area (Å²) in [6.45, 7) is 5.38. The maximum Gasteiger partial charge on any atom is 0.335 e. The molecular formula is C13H18N2O4. The number of carbonyl (C=O) groups excluding carboxylic acids is 1. The molecule has 3 N–H and O–H groups in total. The van der Waals surface area contributed by atoms with Crippen molar-refractivity contribution in [2.45, 2.75) is 26.4 Å². The van der Waals surface area contributed by atoms with Gasteiger partial charge in [0.25, 0.3) is 5.91 Å². The van der Waals surface area contributed by atoms with Crippen LogP contribution in [0.4, 0.5) is 0 Å². The van der Waals surface area contributed by atoms with Gasteiger partial charge in [-0.1, -0.05) is 13.8 Å². The van der Waals surface area contributed by atoms with Crippen LogP contribution in [0.3, 0.4) is 0 Å². The van der Waals surface area contributed by atoms with Crippen LogP contribution >= 0.6 is 0 Å². The molecule has 0 aromatic carbocycles. The molecule has 1 atom stereocenters. The number of nitrogens with one attached hydrogen (secondary N) is 1. The monoisotopic (exact) mass is 266 g/mol. The molecule has 1 amide bonds. The van der Waals surface area contributed by atoms with E-state index in [1.807, 2.05) is 13.8 Å². The number of aromatic carboxylic acids is 1. The Bertz CT molecular complexity index is 483. The largest absolute Gasteiger partial charge is 0.478 e. The summed E-state index contributed by atoms with van der Waals surface area (Å²) in [7, 11) is 0. The first-order valence-electron chi connectivity index (χ1n) is 5.94. The van der Waals surface area contributed by atoms with Gasteiger partial charge in [0.05, 0.1) is 11.2 Å². The molecule has 0 aliphatic heterocycles. The van der Waals surface area contributed by atoms with E-state index in [1.165, 1.54) is 18.3 Å². The van der Waals surface area contributed by atoms with E-state index in [2.05, 4.69) is 10.3 Å². The first kappa shape index (κ1) is 15.1. The van der Waals surface area contributed by atoms with E-state index in [0.717, 1.165) is 0 Å². The van der Waals surface area contributed by atoms with Gasteiger partial charge in [-0.05, 0) is 25.0 Å². The van der Waals surface area contributed by atoms with Crippen molar-refractivity contribution in [3.63, 3.8) is 0 Å². The fourth-order valence-electron chi connectivity index (χ4n) is 1.24. The Labute approximate surface area is 111 Å². The van der Waals surface area contributed by atoms with Gasteiger partial charge in [0.15, 0.2) is 0 Å². The van der Waals surface area contributed by atoms with Crippen LogP contribution in [-0.4, -0.2) is 39.2 Å². The predicted octanol–water partition coefficient (Wildman–Crippen LogP) is 0.917. The summed E-state index contributed by atoms with van der Waals surface area (Å²) in [5.41, 5.74) is -1.02. The van der Waals surface area contributed by atoms with Crippen LogP contribution in [0.5, 0.6) is 0 Å². The molecule has 1 aromatic rings. The zero-order valence-corrected chi connectivity index (χ0v) is 11.2. The number of nitrogens with zero attached hydrogens (tertiary/aromatic N) is 1. The third-order valence-electron chi connectivity index (χ3n) is 3.09. The third-order valence-corrected chi connectivity index (χ3v) is 3.09. The van der Waals surface area contributed by atoms with Crippen LogP contribution in [-0.2, 0) is 0 Å². The SMILES string of the molecule is CC(C)C(C)(O)CNC(=O)c1cc(C(=O)O)ccn1. The van der Waals surface area contributed by atoms with Crippen molar-refractivity contribution in [1.82, 2.24) is 10.3 Å². The zero-order valence-electron chi connectivity index (χ0n) is 11.2. The number of hydrogen-bond acceptors (Lipinski definition) is 4. The highest BCUT2D eigenvalue weighted by Gasteiger charge is 2.25. The molecule has 6 heteroatoms. The Balaban J connectivity index is 2.74. The predicted molar refractivity (Wildman–Crippen MR) is 69.0 cm³/mol. The summed E-state index contributed by atoms with van der Waals surface area (Å²) in [4.78, 5) is 26.4. The summed E-state index contributed by atoms with van der Waals surface area (Å²) in [6, 6.07) is 2.51. The van der Waals surface area contributed by atoms with Gasteiger partial charge in [-0.3, -0.25) is 9.78 Å². The summed E-state index contributed by atoms with van der Waals surface area (Å²) in [6.07, 6.45) is 1.26. The second-order valence-electron chi connectivity index (χ2n) is 4.93. The quantitative estimate of drug-likeness (QED) is 0.735. The summed E-state index contributed by atoms with van der Waals surface area (Å²) in [5, 5.41) is 21.4. The smallest absolute Gasteiger partial charge is 0.335 e. The van der Waals surface area contributed by atoms with Crippen LogP contribution in [0.1, 0.15) is 41.6 Å². The zero-order chi connectivity index (χ0) is 14.6. The third kappa shape index (κ3) is 4.03. The van der Waals surface area contributed by atoms with E-state index in [4.69, 9.17) is 5.11 Å². The molecule has 0 radical (unpaired) electrons. The molecule has 1 unspecified atom stereocenters. The Morgan fingerprint density at radius 2 is 2.11 bits per heavy atom. The molecule has 0 bridgehead atoms. The minimum atomic E-state index is -1.12. The fraction of sp³-hybridized carbons (Fsp3) is 0.462. The number of pyridine rings is 1. The number of hydrogen-bond donors (Lipinski definition) is 3. The Morgan fingerprint density at radius 3 is 2.63 bits per heavy atom. The maximum atomic E-state index is 11.8. The number of carbonyl (C=O) groups is 2. The average molecular weight is 266 g/mol. The molecule has 19 heavy (non-hydrogen) atoms. The number of aliphatic hydroxyl groups is 1. The van der Waals surface area contributed by atoms with Crippen LogP contribution in [0, 0.1) is 5.92 Å². The van der Waals surface area contributed by atoms with E-state index in [1.54, 1.807) is 6.92 Å². The molecule has 0 spiro atoms. The second-order valence-corrected chi connectivity index (χ2v) is 4.93. The fourth-order valence-corrected chi connectivity index (χ4v) is 1.24. The minimum Gasteiger partial charge on any atom is -0.478 e. The van der Waals surface area contributed by atoms with E-state index in [0.29, 0.717) is 0 Å². The van der Waals surface area contributed by atoms with Crippen molar-refractivity contribution < 1.29 is 19.8 Å². The van der Waals surface area contributed by atoms with Crippen molar-refractivity contribution in [1.29, 1.82) is 0 Å². The highest BCUT2D eigenvalue weighted by atomic mass is 16.4. The lowest BCUT2D eigenvalue weighted by atomic mass is 9.92. The lowest BCUT2D eigenvalue weighted by Crippen LogP contribution is -2.44. The van der Waals surface area contributed by atoms with E-state index < -0.39 is 17.5 Å². The van der Waals surface area contributed by atoms with Gasteiger partial charge < -0.3 is 15.5 Å². The Kier molecular flexibility index (Phi) is 4.61. The van der Waals surface area contributed by atoms with E-state index >= 15 is 0 Å². The highest BCUT2D eigenvalue weighted by Crippen LogP contribution is 2.14. The Hall–Kier alpha value is -1.95. The van der Waals surface area contributed by atoms with Crippen LogP contribution < -0.4 is 5.32 Å². The van der Waals surface area contributed by atoms with Crippen LogP contribution in [0.25, 0.3) is 0 Å². The number of amides is 1. The molecule has 6 nitrogen and oxygen atoms in total. The number of aromatic nitrogens is 1. The Morgan fingerprint density at radius 1 is 1.47 bits per heavy atom. The highest BCUT2D eigenvalue weighted by molar-refractivity contribution is 5.95. The molecule has 0 aliphatic carbocycles. The second kappa shape index (κ2) is 5.79. The average Bonchev–Trinajstić information content (AvgIpc) is 2.36. The number of carboxylic acids is 1. The first-order chi connectivity index (χ1) is 8.74. The molecule has 0 saturated carbocycles. The molecule has 1 rings (SSSR count). The van der Waals surface area contributed by atoms with Crippen molar-refractivity contribution in [3.8, 4) is 0 Å². The minimum absolute atomic E-state index is 0.00392. The van der Waals surface area contributed by atoms with Crippen molar-refractivity contribution in [2.75, 3.05) is 6.54 Å². The molecule has 0 saturated heterocycles. The van der Waals surface area contributed by atoms with Crippen molar-refractivity contribution >= 4 is 11.9 Å². The van der Waals surface area contributed by atoms with Crippen LogP contribution in [0.2, 0.25) is 0 Å². The molecule has 104 valence electrons.